The summed E-state index contributed by atoms with van der Waals surface area (Å²) in [5.41, 5.74) is -0.867. The van der Waals surface area contributed by atoms with Crippen LogP contribution >= 0.6 is 12.0 Å². The molecule has 0 spiro atoms. The normalized spacial score (nSPS) is 13.5. The van der Waals surface area contributed by atoms with Crippen LogP contribution in [0, 0.1) is 23.3 Å². The Morgan fingerprint density at radius 2 is 1.64 bits per heavy atom. The van der Waals surface area contributed by atoms with Crippen LogP contribution in [0.25, 0.3) is 0 Å². The van der Waals surface area contributed by atoms with Gasteiger partial charge in [-0.2, -0.15) is 0 Å². The van der Waals surface area contributed by atoms with Crippen molar-refractivity contribution in [2.75, 3.05) is 0 Å². The fourth-order valence-electron chi connectivity index (χ4n) is 2.25. The number of hydrogen-bond donors (Lipinski definition) is 2. The maximum absolute atomic E-state index is 14.4. The first kappa shape index (κ1) is 24.6. The molecule has 13 heteroatoms. The molecule has 28 heavy (non-hydrogen) atoms. The number of sulfone groups is 1. The highest BCUT2D eigenvalue weighted by Crippen LogP contribution is 2.36. The molecule has 0 aromatic heterocycles. The number of carbonyl (C=O) groups is 1. The van der Waals surface area contributed by atoms with Crippen molar-refractivity contribution in [1.29, 1.82) is 0 Å². The first-order valence-corrected chi connectivity index (χ1v) is 10.1. The van der Waals surface area contributed by atoms with E-state index < -0.39 is 71.6 Å². The summed E-state index contributed by atoms with van der Waals surface area (Å²) in [6.45, 7) is 6.18. The van der Waals surface area contributed by atoms with Crippen LogP contribution < -0.4 is 5.32 Å². The first-order valence-electron chi connectivity index (χ1n) is 7.86. The largest absolute Gasteiger partial charge is 0.350 e. The lowest BCUT2D eigenvalue weighted by molar-refractivity contribution is -0.432. The van der Waals surface area contributed by atoms with Gasteiger partial charge in [0.1, 0.15) is 15.0 Å². The van der Waals surface area contributed by atoms with Crippen LogP contribution in [0.2, 0.25) is 0 Å². The quantitative estimate of drug-likeness (QED) is 0.206. The molecule has 0 fully saturated rings. The topological polar surface area (TPSA) is 102 Å². The third-order valence-corrected chi connectivity index (χ3v) is 6.11. The Morgan fingerprint density at radius 1 is 1.14 bits per heavy atom. The van der Waals surface area contributed by atoms with Gasteiger partial charge in [-0.25, -0.2) is 31.2 Å². The molecule has 160 valence electrons. The minimum atomic E-state index is -5.15. The van der Waals surface area contributed by atoms with E-state index in [0.717, 1.165) is 0 Å². The molecule has 1 unspecified atom stereocenters. The second-order valence-corrected chi connectivity index (χ2v) is 9.48. The minimum absolute atomic E-state index is 0.130. The Bertz CT molecular complexity index is 813. The SMILES string of the molecule is CCCC(C(=O)NC(C)(C)C)S(=O)(=O)c1c(F)c(F)c(SOOO)c(F)c1F. The average Bonchev–Trinajstić information content (AvgIpc) is 2.56. The van der Waals surface area contributed by atoms with Crippen LogP contribution in [0.15, 0.2) is 9.79 Å². The molecule has 1 atom stereocenters. The number of rotatable bonds is 8. The molecule has 2 N–H and O–H groups in total. The monoisotopic (exact) mass is 449 g/mol. The number of carbonyl (C=O) groups excluding carboxylic acids is 1. The molecule has 0 heterocycles. The highest BCUT2D eigenvalue weighted by molar-refractivity contribution is 7.94. The van der Waals surface area contributed by atoms with E-state index in [9.17, 15) is 30.8 Å². The van der Waals surface area contributed by atoms with Gasteiger partial charge in [-0.1, -0.05) is 18.4 Å². The van der Waals surface area contributed by atoms with E-state index in [1.165, 1.54) is 6.92 Å². The van der Waals surface area contributed by atoms with E-state index >= 15 is 0 Å². The highest BCUT2D eigenvalue weighted by Gasteiger charge is 2.41. The van der Waals surface area contributed by atoms with Crippen molar-refractivity contribution in [1.82, 2.24) is 5.32 Å². The first-order chi connectivity index (χ1) is 12.8. The molecule has 0 bridgehead atoms. The molecule has 0 aliphatic carbocycles. The maximum Gasteiger partial charge on any atom is 0.239 e. The molecule has 1 amide bonds. The number of hydrogen-bond acceptors (Lipinski definition) is 7. The lowest BCUT2D eigenvalue weighted by Crippen LogP contribution is -2.48. The Hall–Kier alpha value is -1.41. The third kappa shape index (κ3) is 5.35. The zero-order chi connectivity index (χ0) is 21.9. The van der Waals surface area contributed by atoms with Crippen LogP contribution in [-0.2, 0) is 24.0 Å². The standard InChI is InChI=1S/C15H19F4NO6S2/c1-5-6-7(14(21)20-15(2,3)4)28(23,24)13-10(18)8(16)12(27-26-25-22)9(17)11(13)19/h7,22H,5-6H2,1-4H3,(H,20,21). The van der Waals surface area contributed by atoms with Gasteiger partial charge in [-0.3, -0.25) is 4.79 Å². The fraction of sp³-hybridized carbons (Fsp3) is 0.533. The minimum Gasteiger partial charge on any atom is -0.350 e. The molecule has 0 radical (unpaired) electrons. The summed E-state index contributed by atoms with van der Waals surface area (Å²) in [6.07, 6.45) is -0.213. The van der Waals surface area contributed by atoms with Gasteiger partial charge in [0, 0.05) is 5.54 Å². The number of nitrogens with one attached hydrogen (secondary N) is 1. The van der Waals surface area contributed by atoms with Gasteiger partial charge < -0.3 is 5.32 Å². The molecule has 0 saturated heterocycles. The Balaban J connectivity index is 3.59. The third-order valence-electron chi connectivity index (χ3n) is 3.33. The Morgan fingerprint density at radius 3 is 2.04 bits per heavy atom. The fourth-order valence-corrected chi connectivity index (χ4v) is 4.52. The predicted octanol–water partition coefficient (Wildman–Crippen LogP) is 3.53. The van der Waals surface area contributed by atoms with Crippen molar-refractivity contribution in [2.45, 2.75) is 61.1 Å². The number of benzene rings is 1. The summed E-state index contributed by atoms with van der Waals surface area (Å²) in [4.78, 5) is 9.05. The zero-order valence-corrected chi connectivity index (χ0v) is 16.9. The van der Waals surface area contributed by atoms with Gasteiger partial charge in [-0.15, -0.1) is 4.33 Å². The van der Waals surface area contributed by atoms with Crippen LogP contribution in [0.5, 0.6) is 0 Å². The van der Waals surface area contributed by atoms with Crippen LogP contribution in [0.3, 0.4) is 0 Å². The van der Waals surface area contributed by atoms with E-state index in [1.807, 2.05) is 0 Å². The molecular weight excluding hydrogens is 430 g/mol. The van der Waals surface area contributed by atoms with Crippen LogP contribution in [0.1, 0.15) is 40.5 Å². The lowest BCUT2D eigenvalue weighted by Gasteiger charge is -2.25. The van der Waals surface area contributed by atoms with Gasteiger partial charge in [0.15, 0.2) is 33.1 Å². The van der Waals surface area contributed by atoms with E-state index in [2.05, 4.69) is 14.7 Å². The Kier molecular flexibility index (Phi) is 8.26. The van der Waals surface area contributed by atoms with Crippen molar-refractivity contribution >= 4 is 27.8 Å². The van der Waals surface area contributed by atoms with Crippen molar-refractivity contribution in [3.05, 3.63) is 23.3 Å². The summed E-state index contributed by atoms with van der Waals surface area (Å²) in [5.74, 6) is -9.71. The summed E-state index contributed by atoms with van der Waals surface area (Å²) in [5, 5.41) is 11.5. The number of amides is 1. The summed E-state index contributed by atoms with van der Waals surface area (Å²) in [7, 11) is -5.15. The number of halogens is 4. The van der Waals surface area contributed by atoms with Crippen molar-refractivity contribution in [3.8, 4) is 0 Å². The summed E-state index contributed by atoms with van der Waals surface area (Å²) >= 11 is -0.422. The molecule has 1 rings (SSSR count). The van der Waals surface area contributed by atoms with Gasteiger partial charge in [-0.05, 0) is 27.2 Å². The molecule has 0 aliphatic heterocycles. The van der Waals surface area contributed by atoms with Crippen molar-refractivity contribution in [3.63, 3.8) is 0 Å². The lowest BCUT2D eigenvalue weighted by atomic mass is 10.1. The van der Waals surface area contributed by atoms with E-state index in [4.69, 9.17) is 5.26 Å². The van der Waals surface area contributed by atoms with E-state index in [1.54, 1.807) is 20.8 Å². The highest BCUT2D eigenvalue weighted by atomic mass is 32.2. The average molecular weight is 449 g/mol. The Labute approximate surface area is 163 Å². The predicted molar refractivity (Wildman–Crippen MR) is 90.7 cm³/mol. The van der Waals surface area contributed by atoms with Gasteiger partial charge >= 0.3 is 0 Å². The zero-order valence-electron chi connectivity index (χ0n) is 15.3. The van der Waals surface area contributed by atoms with E-state index in [0.29, 0.717) is 0 Å². The molecule has 0 aliphatic rings. The molecule has 1 aromatic carbocycles. The van der Waals surface area contributed by atoms with Gasteiger partial charge in [0.2, 0.25) is 5.91 Å². The maximum atomic E-state index is 14.4. The molecular formula is C15H19F4NO6S2. The second kappa shape index (κ2) is 9.39. The molecule has 7 nitrogen and oxygen atoms in total. The second-order valence-electron chi connectivity index (χ2n) is 6.70. The summed E-state index contributed by atoms with van der Waals surface area (Å²) < 4.78 is 86.1. The smallest absolute Gasteiger partial charge is 0.239 e. The summed E-state index contributed by atoms with van der Waals surface area (Å²) in [6, 6.07) is 0. The van der Waals surface area contributed by atoms with Crippen molar-refractivity contribution in [2.24, 2.45) is 0 Å². The van der Waals surface area contributed by atoms with Crippen LogP contribution in [-0.4, -0.2) is 30.4 Å². The van der Waals surface area contributed by atoms with E-state index in [-0.39, 0.29) is 12.8 Å². The van der Waals surface area contributed by atoms with Gasteiger partial charge in [0.25, 0.3) is 0 Å². The van der Waals surface area contributed by atoms with Crippen molar-refractivity contribution < 1.29 is 45.4 Å². The van der Waals surface area contributed by atoms with Gasteiger partial charge in [0.05, 0.1) is 12.0 Å². The molecule has 1 aromatic rings. The van der Waals surface area contributed by atoms with Crippen LogP contribution in [0.4, 0.5) is 17.6 Å². The molecule has 0 saturated carbocycles.